The molecule has 0 spiro atoms. The van der Waals surface area contributed by atoms with Gasteiger partial charge in [0.25, 0.3) is 0 Å². The fourth-order valence-electron chi connectivity index (χ4n) is 4.18. The summed E-state index contributed by atoms with van der Waals surface area (Å²) < 4.78 is 27.3. The van der Waals surface area contributed by atoms with Crippen LogP contribution in [0.5, 0.6) is 0 Å². The van der Waals surface area contributed by atoms with E-state index >= 15 is 0 Å². The second-order valence-electron chi connectivity index (χ2n) is 7.40. The smallest absolute Gasteiger partial charge is 0.222 e. The molecule has 2 unspecified atom stereocenters. The number of halogens is 4. The highest BCUT2D eigenvalue weighted by molar-refractivity contribution is 5.85. The molecule has 0 radical (unpaired) electrons. The summed E-state index contributed by atoms with van der Waals surface area (Å²) in [5, 5.41) is 3.34. The Morgan fingerprint density at radius 1 is 1.21 bits per heavy atom. The van der Waals surface area contributed by atoms with Crippen LogP contribution in [0.25, 0.3) is 0 Å². The number of carbonyl (C=O) groups excluding carboxylic acids is 1. The van der Waals surface area contributed by atoms with Crippen molar-refractivity contribution < 1.29 is 13.6 Å². The third-order valence-corrected chi connectivity index (χ3v) is 5.74. The highest BCUT2D eigenvalue weighted by Crippen LogP contribution is 2.28. The SMILES string of the molecule is CCC(c1ccc(F)cc1F)N1CCN(C(=O)CCC2CCNC2)CC1.Cl.Cl. The number of piperazine rings is 1. The molecule has 0 aromatic heterocycles. The zero-order valence-electron chi connectivity index (χ0n) is 16.3. The minimum Gasteiger partial charge on any atom is -0.340 e. The predicted octanol–water partition coefficient (Wildman–Crippen LogP) is 3.79. The predicted molar refractivity (Wildman–Crippen MR) is 112 cm³/mol. The molecule has 1 N–H and O–H groups in total. The maximum atomic E-state index is 14.2. The Balaban J connectivity index is 0.00000196. The van der Waals surface area contributed by atoms with E-state index in [1.54, 1.807) is 6.07 Å². The van der Waals surface area contributed by atoms with Gasteiger partial charge in [-0.05, 0) is 44.3 Å². The summed E-state index contributed by atoms with van der Waals surface area (Å²) in [6, 6.07) is 3.75. The van der Waals surface area contributed by atoms with Crippen molar-refractivity contribution in [1.82, 2.24) is 15.1 Å². The van der Waals surface area contributed by atoms with Crippen LogP contribution in [0.3, 0.4) is 0 Å². The van der Waals surface area contributed by atoms with Crippen LogP contribution < -0.4 is 5.32 Å². The van der Waals surface area contributed by atoms with Gasteiger partial charge in [0.2, 0.25) is 5.91 Å². The van der Waals surface area contributed by atoms with E-state index in [-0.39, 0.29) is 36.8 Å². The first-order valence-corrected chi connectivity index (χ1v) is 9.76. The molecular formula is C20H31Cl2F2N3O. The number of nitrogens with one attached hydrogen (secondary N) is 1. The Morgan fingerprint density at radius 3 is 2.50 bits per heavy atom. The zero-order chi connectivity index (χ0) is 18.5. The van der Waals surface area contributed by atoms with Crippen molar-refractivity contribution >= 4 is 30.7 Å². The average molecular weight is 438 g/mol. The summed E-state index contributed by atoms with van der Waals surface area (Å²) in [5.41, 5.74) is 0.544. The molecule has 3 rings (SSSR count). The lowest BCUT2D eigenvalue weighted by molar-refractivity contribution is -0.133. The first-order valence-electron chi connectivity index (χ1n) is 9.76. The molecule has 2 atom stereocenters. The molecule has 2 aliphatic heterocycles. The lowest BCUT2D eigenvalue weighted by Crippen LogP contribution is -2.49. The Bertz CT molecular complexity index is 621. The molecule has 2 heterocycles. The molecule has 8 heteroatoms. The van der Waals surface area contributed by atoms with Crippen LogP contribution in [0.4, 0.5) is 8.78 Å². The van der Waals surface area contributed by atoms with Crippen LogP contribution in [-0.2, 0) is 4.79 Å². The molecule has 0 saturated carbocycles. The van der Waals surface area contributed by atoms with Crippen molar-refractivity contribution in [3.63, 3.8) is 0 Å². The van der Waals surface area contributed by atoms with E-state index in [2.05, 4.69) is 10.2 Å². The van der Waals surface area contributed by atoms with Crippen molar-refractivity contribution in [2.75, 3.05) is 39.3 Å². The van der Waals surface area contributed by atoms with Crippen LogP contribution in [-0.4, -0.2) is 55.0 Å². The van der Waals surface area contributed by atoms with Crippen LogP contribution in [0.15, 0.2) is 18.2 Å². The fraction of sp³-hybridized carbons (Fsp3) is 0.650. The number of nitrogens with zero attached hydrogens (tertiary/aromatic N) is 2. The van der Waals surface area contributed by atoms with Gasteiger partial charge in [-0.2, -0.15) is 0 Å². The summed E-state index contributed by atoms with van der Waals surface area (Å²) in [6.07, 6.45) is 3.51. The maximum absolute atomic E-state index is 14.2. The molecule has 0 bridgehead atoms. The largest absolute Gasteiger partial charge is 0.340 e. The van der Waals surface area contributed by atoms with Crippen molar-refractivity contribution in [2.24, 2.45) is 5.92 Å². The van der Waals surface area contributed by atoms with Gasteiger partial charge in [0, 0.05) is 50.3 Å². The normalized spacial score (nSPS) is 21.0. The van der Waals surface area contributed by atoms with Crippen LogP contribution in [0.2, 0.25) is 0 Å². The molecule has 28 heavy (non-hydrogen) atoms. The van der Waals surface area contributed by atoms with Gasteiger partial charge in [0.15, 0.2) is 0 Å². The summed E-state index contributed by atoms with van der Waals surface area (Å²) in [5.74, 6) is -0.168. The minimum absolute atomic E-state index is 0. The van der Waals surface area contributed by atoms with Crippen molar-refractivity contribution in [2.45, 2.75) is 38.6 Å². The van der Waals surface area contributed by atoms with Gasteiger partial charge in [-0.3, -0.25) is 9.69 Å². The molecule has 1 aromatic rings. The maximum Gasteiger partial charge on any atom is 0.222 e. The van der Waals surface area contributed by atoms with E-state index in [4.69, 9.17) is 0 Å². The molecule has 2 aliphatic rings. The lowest BCUT2D eigenvalue weighted by atomic mass is 10.0. The monoisotopic (exact) mass is 437 g/mol. The van der Waals surface area contributed by atoms with E-state index in [0.29, 0.717) is 31.0 Å². The number of benzene rings is 1. The van der Waals surface area contributed by atoms with E-state index < -0.39 is 11.6 Å². The Kier molecular flexibility index (Phi) is 10.7. The fourth-order valence-corrected chi connectivity index (χ4v) is 4.18. The summed E-state index contributed by atoms with van der Waals surface area (Å²) in [4.78, 5) is 16.6. The van der Waals surface area contributed by atoms with E-state index in [1.165, 1.54) is 12.5 Å². The summed E-state index contributed by atoms with van der Waals surface area (Å²) in [7, 11) is 0. The topological polar surface area (TPSA) is 35.6 Å². The Hall–Kier alpha value is -0.950. The molecule has 1 amide bonds. The number of amides is 1. The second kappa shape index (κ2) is 11.9. The number of hydrogen-bond donors (Lipinski definition) is 1. The standard InChI is InChI=1S/C20H29F2N3O.2ClH/c1-2-19(17-5-4-16(21)13-18(17)22)24-9-11-25(12-10-24)20(26)6-3-15-7-8-23-14-15;;/h4-5,13,15,19,23H,2-3,6-12,14H2,1H3;2*1H. The van der Waals surface area contributed by atoms with Gasteiger partial charge in [-0.15, -0.1) is 24.8 Å². The summed E-state index contributed by atoms with van der Waals surface area (Å²) >= 11 is 0. The lowest BCUT2D eigenvalue weighted by Gasteiger charge is -2.39. The Morgan fingerprint density at radius 2 is 1.93 bits per heavy atom. The molecule has 1 aromatic carbocycles. The van der Waals surface area contributed by atoms with E-state index in [1.807, 2.05) is 11.8 Å². The van der Waals surface area contributed by atoms with Crippen molar-refractivity contribution in [1.29, 1.82) is 0 Å². The average Bonchev–Trinajstić information content (AvgIpc) is 3.16. The van der Waals surface area contributed by atoms with Gasteiger partial charge in [0.1, 0.15) is 11.6 Å². The van der Waals surface area contributed by atoms with Crippen molar-refractivity contribution in [3.8, 4) is 0 Å². The first-order chi connectivity index (χ1) is 12.6. The molecule has 2 fully saturated rings. The van der Waals surface area contributed by atoms with Crippen LogP contribution >= 0.6 is 24.8 Å². The number of rotatable bonds is 6. The molecular weight excluding hydrogens is 407 g/mol. The Labute approximate surface area is 178 Å². The molecule has 2 saturated heterocycles. The van der Waals surface area contributed by atoms with Gasteiger partial charge >= 0.3 is 0 Å². The highest BCUT2D eigenvalue weighted by atomic mass is 35.5. The number of hydrogen-bond acceptors (Lipinski definition) is 3. The quantitative estimate of drug-likeness (QED) is 0.734. The molecule has 0 aliphatic carbocycles. The highest BCUT2D eigenvalue weighted by Gasteiger charge is 2.28. The zero-order valence-corrected chi connectivity index (χ0v) is 18.0. The first kappa shape index (κ1) is 25.1. The minimum atomic E-state index is -0.547. The number of carbonyl (C=O) groups is 1. The van der Waals surface area contributed by atoms with E-state index in [0.717, 1.165) is 45.1 Å². The third-order valence-electron chi connectivity index (χ3n) is 5.74. The molecule has 4 nitrogen and oxygen atoms in total. The summed E-state index contributed by atoms with van der Waals surface area (Å²) in [6.45, 7) is 6.93. The van der Waals surface area contributed by atoms with E-state index in [9.17, 15) is 13.6 Å². The van der Waals surface area contributed by atoms with Crippen LogP contribution in [0, 0.1) is 17.6 Å². The van der Waals surface area contributed by atoms with Gasteiger partial charge in [-0.25, -0.2) is 8.78 Å². The third kappa shape index (κ3) is 6.28. The second-order valence-corrected chi connectivity index (χ2v) is 7.40. The molecule has 160 valence electrons. The van der Waals surface area contributed by atoms with Crippen molar-refractivity contribution in [3.05, 3.63) is 35.4 Å². The van der Waals surface area contributed by atoms with Gasteiger partial charge in [0.05, 0.1) is 0 Å². The van der Waals surface area contributed by atoms with Crippen LogP contribution in [0.1, 0.15) is 44.2 Å². The van der Waals surface area contributed by atoms with Gasteiger partial charge < -0.3 is 10.2 Å². The van der Waals surface area contributed by atoms with Gasteiger partial charge in [-0.1, -0.05) is 13.0 Å².